The number of alkyl halides is 7. The van der Waals surface area contributed by atoms with Gasteiger partial charge in [0.15, 0.2) is 18.5 Å². The Morgan fingerprint density at radius 3 is 2.15 bits per heavy atom. The zero-order chi connectivity index (χ0) is 15.8. The number of aromatic nitrogens is 1. The van der Waals surface area contributed by atoms with Crippen LogP contribution in [-0.2, 0) is 0 Å². The van der Waals surface area contributed by atoms with Crippen LogP contribution in [0.3, 0.4) is 0 Å². The van der Waals surface area contributed by atoms with Crippen LogP contribution >= 0.6 is 0 Å². The van der Waals surface area contributed by atoms with E-state index in [1.54, 1.807) is 0 Å². The number of halogens is 7. The third kappa shape index (κ3) is 3.05. The molecule has 0 amide bonds. The Kier molecular flexibility index (Phi) is 4.07. The van der Waals surface area contributed by atoms with Gasteiger partial charge in [0.05, 0.1) is 0 Å². The summed E-state index contributed by atoms with van der Waals surface area (Å²) in [5, 5.41) is 10.9. The quantitative estimate of drug-likeness (QED) is 0.487. The van der Waals surface area contributed by atoms with E-state index in [0.717, 1.165) is 18.3 Å². The fraction of sp³-hybridized carbons (Fsp3) is 0.500. The molecule has 0 spiro atoms. The molecular formula is C10H8F7NO2. The second kappa shape index (κ2) is 4.98. The van der Waals surface area contributed by atoms with E-state index >= 15 is 0 Å². The summed E-state index contributed by atoms with van der Waals surface area (Å²) in [6, 6.07) is 1.79. The van der Waals surface area contributed by atoms with Crippen molar-refractivity contribution in [2.75, 3.05) is 6.61 Å². The van der Waals surface area contributed by atoms with Gasteiger partial charge in [-0.1, -0.05) is 0 Å². The van der Waals surface area contributed by atoms with E-state index in [1.807, 2.05) is 0 Å². The molecule has 0 aliphatic carbocycles. The first kappa shape index (κ1) is 16.3. The van der Waals surface area contributed by atoms with E-state index in [2.05, 4.69) is 4.74 Å². The van der Waals surface area contributed by atoms with Crippen LogP contribution in [0.4, 0.5) is 30.7 Å². The van der Waals surface area contributed by atoms with Crippen LogP contribution in [0.5, 0.6) is 5.75 Å². The third-order valence-corrected chi connectivity index (χ3v) is 2.31. The van der Waals surface area contributed by atoms with Crippen molar-refractivity contribution in [3.05, 3.63) is 29.2 Å². The summed E-state index contributed by atoms with van der Waals surface area (Å²) < 4.78 is 91.0. The minimum Gasteiger partial charge on any atom is -0.619 e. The molecule has 1 aromatic heterocycles. The maximum Gasteiger partial charge on any atom is 0.460 e. The second-order valence-electron chi connectivity index (χ2n) is 3.89. The van der Waals surface area contributed by atoms with Crippen LogP contribution in [0.15, 0.2) is 18.3 Å². The number of aryl methyl sites for hydroxylation is 1. The number of rotatable bonds is 4. The lowest BCUT2D eigenvalue weighted by molar-refractivity contribution is -0.612. The predicted octanol–water partition coefficient (Wildman–Crippen LogP) is 2.84. The lowest BCUT2D eigenvalue weighted by Crippen LogP contribution is -2.54. The molecule has 114 valence electrons. The standard InChI is InChI=1S/C10H8F7NO2/c1-6-4-7(2-3-18(6)19)20-5-8(11,12)9(13,14)10(15,16)17/h2-4H,5H2,1H3. The highest BCUT2D eigenvalue weighted by molar-refractivity contribution is 5.19. The zero-order valence-corrected chi connectivity index (χ0v) is 9.85. The Bertz CT molecular complexity index is 487. The number of ether oxygens (including phenoxy) is 1. The van der Waals surface area contributed by atoms with Gasteiger partial charge in [0.25, 0.3) is 0 Å². The van der Waals surface area contributed by atoms with Crippen molar-refractivity contribution in [1.29, 1.82) is 0 Å². The van der Waals surface area contributed by atoms with Crippen molar-refractivity contribution >= 4 is 0 Å². The summed E-state index contributed by atoms with van der Waals surface area (Å²) in [6.45, 7) is -0.913. The van der Waals surface area contributed by atoms with Gasteiger partial charge in [0.2, 0.25) is 0 Å². The van der Waals surface area contributed by atoms with Gasteiger partial charge in [-0.3, -0.25) is 0 Å². The van der Waals surface area contributed by atoms with Crippen molar-refractivity contribution < 1.29 is 40.2 Å². The first-order valence-corrected chi connectivity index (χ1v) is 5.03. The van der Waals surface area contributed by atoms with Gasteiger partial charge in [-0.2, -0.15) is 35.5 Å². The fourth-order valence-corrected chi connectivity index (χ4v) is 1.14. The van der Waals surface area contributed by atoms with Crippen molar-refractivity contribution in [2.45, 2.75) is 24.9 Å². The molecule has 0 aliphatic rings. The Morgan fingerprint density at radius 1 is 1.15 bits per heavy atom. The molecule has 1 aromatic rings. The van der Waals surface area contributed by atoms with Crippen LogP contribution in [0.2, 0.25) is 0 Å². The fourth-order valence-electron chi connectivity index (χ4n) is 1.14. The second-order valence-corrected chi connectivity index (χ2v) is 3.89. The van der Waals surface area contributed by atoms with E-state index in [9.17, 15) is 35.9 Å². The molecule has 10 heteroatoms. The molecule has 0 aliphatic heterocycles. The van der Waals surface area contributed by atoms with Gasteiger partial charge in [-0.15, -0.1) is 0 Å². The smallest absolute Gasteiger partial charge is 0.460 e. The Morgan fingerprint density at radius 2 is 1.70 bits per heavy atom. The predicted molar refractivity (Wildman–Crippen MR) is 51.6 cm³/mol. The van der Waals surface area contributed by atoms with Crippen LogP contribution in [0.25, 0.3) is 0 Å². The number of hydrogen-bond acceptors (Lipinski definition) is 2. The van der Waals surface area contributed by atoms with E-state index < -0.39 is 30.4 Å². The Labute approximate surface area is 108 Å². The van der Waals surface area contributed by atoms with Crippen molar-refractivity contribution in [2.24, 2.45) is 0 Å². The van der Waals surface area contributed by atoms with Crippen molar-refractivity contribution in [3.8, 4) is 5.75 Å². The first-order valence-electron chi connectivity index (χ1n) is 5.03. The monoisotopic (exact) mass is 307 g/mol. The number of pyridine rings is 1. The summed E-state index contributed by atoms with van der Waals surface area (Å²) in [6.07, 6.45) is -5.56. The van der Waals surface area contributed by atoms with Gasteiger partial charge in [0, 0.05) is 19.1 Å². The highest BCUT2D eigenvalue weighted by Gasteiger charge is 2.73. The third-order valence-electron chi connectivity index (χ3n) is 2.31. The molecule has 0 fully saturated rings. The largest absolute Gasteiger partial charge is 0.619 e. The van der Waals surface area contributed by atoms with Crippen LogP contribution in [0, 0.1) is 12.1 Å². The van der Waals surface area contributed by atoms with Gasteiger partial charge in [-0.25, -0.2) is 0 Å². The SMILES string of the molecule is Cc1cc(OCC(F)(F)C(F)(F)C(F)(F)F)cc[n+]1[O-]. The molecular weight excluding hydrogens is 299 g/mol. The molecule has 0 unspecified atom stereocenters. The van der Waals surface area contributed by atoms with Crippen molar-refractivity contribution in [1.82, 2.24) is 0 Å². The maximum absolute atomic E-state index is 12.9. The van der Waals surface area contributed by atoms with Crippen LogP contribution in [0.1, 0.15) is 5.69 Å². The van der Waals surface area contributed by atoms with E-state index in [1.165, 1.54) is 6.92 Å². The lowest BCUT2D eigenvalue weighted by Gasteiger charge is -2.27. The average Bonchev–Trinajstić information content (AvgIpc) is 2.29. The molecule has 0 aromatic carbocycles. The molecule has 1 heterocycles. The van der Waals surface area contributed by atoms with Gasteiger partial charge < -0.3 is 9.94 Å². The summed E-state index contributed by atoms with van der Waals surface area (Å²) >= 11 is 0. The van der Waals surface area contributed by atoms with E-state index in [0.29, 0.717) is 4.73 Å². The average molecular weight is 307 g/mol. The Balaban J connectivity index is 2.84. The lowest BCUT2D eigenvalue weighted by atomic mass is 10.2. The molecule has 0 saturated heterocycles. The molecule has 0 N–H and O–H groups in total. The summed E-state index contributed by atoms with van der Waals surface area (Å²) in [7, 11) is 0. The number of hydrogen-bond donors (Lipinski definition) is 0. The van der Waals surface area contributed by atoms with Gasteiger partial charge in [-0.05, 0) is 0 Å². The molecule has 1 rings (SSSR count). The maximum atomic E-state index is 12.9. The normalized spacial score (nSPS) is 13.4. The minimum atomic E-state index is -6.40. The highest BCUT2D eigenvalue weighted by atomic mass is 19.4. The molecule has 0 radical (unpaired) electrons. The first-order chi connectivity index (χ1) is 8.88. The highest BCUT2D eigenvalue weighted by Crippen LogP contribution is 2.46. The van der Waals surface area contributed by atoms with Gasteiger partial charge in [0.1, 0.15) is 5.75 Å². The zero-order valence-electron chi connectivity index (χ0n) is 9.85. The van der Waals surface area contributed by atoms with E-state index in [-0.39, 0.29) is 5.69 Å². The summed E-state index contributed by atoms with van der Waals surface area (Å²) in [4.78, 5) is 0. The molecule has 0 atom stereocenters. The van der Waals surface area contributed by atoms with Crippen LogP contribution in [-0.4, -0.2) is 24.6 Å². The molecule has 20 heavy (non-hydrogen) atoms. The Hall–Kier alpha value is -1.74. The van der Waals surface area contributed by atoms with Gasteiger partial charge >= 0.3 is 18.0 Å². The minimum absolute atomic E-state index is 0.00611. The van der Waals surface area contributed by atoms with Crippen LogP contribution < -0.4 is 9.47 Å². The van der Waals surface area contributed by atoms with E-state index in [4.69, 9.17) is 0 Å². The topological polar surface area (TPSA) is 36.2 Å². The summed E-state index contributed by atoms with van der Waals surface area (Å²) in [5.74, 6) is -12.1. The molecule has 0 bridgehead atoms. The molecule has 0 saturated carbocycles. The van der Waals surface area contributed by atoms with Crippen molar-refractivity contribution in [3.63, 3.8) is 0 Å². The number of nitrogens with zero attached hydrogens (tertiary/aromatic N) is 1. The summed E-state index contributed by atoms with van der Waals surface area (Å²) in [5.41, 5.74) is -0.00611. The molecule has 3 nitrogen and oxygen atoms in total.